The van der Waals surface area contributed by atoms with Gasteiger partial charge in [0, 0.05) is 23.3 Å². The second-order valence-electron chi connectivity index (χ2n) is 3.75. The molecule has 0 saturated carbocycles. The monoisotopic (exact) mass is 268 g/mol. The van der Waals surface area contributed by atoms with Crippen molar-refractivity contribution in [2.24, 2.45) is 0 Å². The van der Waals surface area contributed by atoms with Crippen molar-refractivity contribution in [1.29, 1.82) is 0 Å². The zero-order chi connectivity index (χ0) is 11.3. The molecule has 5 heteroatoms. The van der Waals surface area contributed by atoms with Crippen LogP contribution >= 0.6 is 35.0 Å². The molecule has 1 fully saturated rings. The fourth-order valence-electron chi connectivity index (χ4n) is 1.75. The van der Waals surface area contributed by atoms with Gasteiger partial charge in [-0.25, -0.2) is 0 Å². The first-order chi connectivity index (χ1) is 7.08. The highest BCUT2D eigenvalue weighted by atomic mass is 35.5. The van der Waals surface area contributed by atoms with E-state index in [1.807, 2.05) is 11.8 Å². The summed E-state index contributed by atoms with van der Waals surface area (Å²) >= 11 is 12.4. The second kappa shape index (κ2) is 6.77. The number of hydrogen-bond acceptors (Lipinski definition) is 3. The minimum atomic E-state index is -0.255. The minimum absolute atomic E-state index is 0.255. The maximum absolute atomic E-state index is 10.6. The van der Waals surface area contributed by atoms with E-state index in [9.17, 15) is 9.59 Å². The van der Waals surface area contributed by atoms with Crippen LogP contribution < -0.4 is 0 Å². The van der Waals surface area contributed by atoms with Gasteiger partial charge in [0.25, 0.3) is 0 Å². The molecule has 0 N–H and O–H groups in total. The molecule has 0 bridgehead atoms. The number of carbonyl (C=O) groups excluding carboxylic acids is 2. The summed E-state index contributed by atoms with van der Waals surface area (Å²) in [5.74, 6) is 0. The smallest absolute Gasteiger partial charge is 0.221 e. The number of hydrogen-bond donors (Lipinski definition) is 0. The van der Waals surface area contributed by atoms with E-state index in [4.69, 9.17) is 23.2 Å². The molecule has 0 aromatic carbocycles. The van der Waals surface area contributed by atoms with Crippen LogP contribution in [0.15, 0.2) is 0 Å². The molecular formula is C10H14Cl2O2S. The van der Waals surface area contributed by atoms with Gasteiger partial charge in [-0.1, -0.05) is 0 Å². The van der Waals surface area contributed by atoms with Gasteiger partial charge < -0.3 is 0 Å². The molecule has 1 saturated heterocycles. The third-order valence-corrected chi connectivity index (χ3v) is 4.61. The summed E-state index contributed by atoms with van der Waals surface area (Å²) in [6.07, 6.45) is 4.88. The Morgan fingerprint density at radius 3 is 1.73 bits per heavy atom. The van der Waals surface area contributed by atoms with Crippen molar-refractivity contribution in [3.8, 4) is 0 Å². The van der Waals surface area contributed by atoms with Crippen LogP contribution in [-0.4, -0.2) is 21.0 Å². The van der Waals surface area contributed by atoms with Crippen LogP contribution in [0.4, 0.5) is 0 Å². The summed E-state index contributed by atoms with van der Waals surface area (Å²) in [6.45, 7) is 0. The van der Waals surface area contributed by atoms with E-state index in [2.05, 4.69) is 0 Å². The van der Waals surface area contributed by atoms with E-state index in [1.54, 1.807) is 0 Å². The fourth-order valence-corrected chi connectivity index (χ4v) is 3.57. The molecule has 1 heterocycles. The van der Waals surface area contributed by atoms with Crippen molar-refractivity contribution >= 4 is 45.4 Å². The number of rotatable bonds is 6. The van der Waals surface area contributed by atoms with Gasteiger partial charge in [0.05, 0.1) is 0 Å². The van der Waals surface area contributed by atoms with Crippen molar-refractivity contribution < 1.29 is 9.59 Å². The minimum Gasteiger partial charge on any atom is -0.281 e. The van der Waals surface area contributed by atoms with Crippen LogP contribution in [0.2, 0.25) is 0 Å². The SMILES string of the molecule is O=C(Cl)CCC1CCC(CCC(=O)Cl)S1. The van der Waals surface area contributed by atoms with Crippen LogP contribution in [0.5, 0.6) is 0 Å². The Hall–Kier alpha value is 0.270. The Bertz CT molecular complexity index is 222. The summed E-state index contributed by atoms with van der Waals surface area (Å²) in [7, 11) is 0. The van der Waals surface area contributed by atoms with Gasteiger partial charge >= 0.3 is 0 Å². The van der Waals surface area contributed by atoms with Crippen molar-refractivity contribution in [3.63, 3.8) is 0 Å². The Kier molecular flexibility index (Phi) is 6.02. The third-order valence-electron chi connectivity index (χ3n) is 2.52. The summed E-state index contributed by atoms with van der Waals surface area (Å²) < 4.78 is 0. The summed E-state index contributed by atoms with van der Waals surface area (Å²) in [5.41, 5.74) is 0. The molecule has 86 valence electrons. The molecule has 0 radical (unpaired) electrons. The first-order valence-electron chi connectivity index (χ1n) is 5.10. The highest BCUT2D eigenvalue weighted by molar-refractivity contribution is 8.00. The molecule has 15 heavy (non-hydrogen) atoms. The molecule has 0 amide bonds. The highest BCUT2D eigenvalue weighted by Gasteiger charge is 2.25. The number of thioether (sulfide) groups is 1. The van der Waals surface area contributed by atoms with Crippen molar-refractivity contribution in [3.05, 3.63) is 0 Å². The first kappa shape index (κ1) is 13.3. The van der Waals surface area contributed by atoms with Crippen LogP contribution in [0.3, 0.4) is 0 Å². The lowest BCUT2D eigenvalue weighted by molar-refractivity contribution is -0.112. The predicted molar refractivity (Wildman–Crippen MR) is 64.6 cm³/mol. The van der Waals surface area contributed by atoms with Crippen LogP contribution in [0, 0.1) is 0 Å². The Morgan fingerprint density at radius 1 is 1.00 bits per heavy atom. The maximum Gasteiger partial charge on any atom is 0.221 e. The molecule has 0 aliphatic carbocycles. The zero-order valence-electron chi connectivity index (χ0n) is 8.38. The first-order valence-corrected chi connectivity index (χ1v) is 6.80. The molecule has 0 aromatic heterocycles. The highest BCUT2D eigenvalue weighted by Crippen LogP contribution is 2.38. The largest absolute Gasteiger partial charge is 0.281 e. The second-order valence-corrected chi connectivity index (χ2v) is 6.19. The van der Waals surface area contributed by atoms with Crippen molar-refractivity contribution in [2.75, 3.05) is 0 Å². The molecule has 0 aromatic rings. The van der Waals surface area contributed by atoms with Gasteiger partial charge in [0.2, 0.25) is 10.5 Å². The molecule has 1 rings (SSSR count). The zero-order valence-corrected chi connectivity index (χ0v) is 10.7. The summed E-state index contributed by atoms with van der Waals surface area (Å²) in [4.78, 5) is 21.2. The summed E-state index contributed by atoms with van der Waals surface area (Å²) in [5, 5.41) is 0.552. The van der Waals surface area contributed by atoms with Crippen molar-refractivity contribution in [2.45, 2.75) is 49.0 Å². The Morgan fingerprint density at radius 2 is 1.40 bits per heavy atom. The van der Waals surface area contributed by atoms with E-state index in [-0.39, 0.29) is 10.5 Å². The van der Waals surface area contributed by atoms with E-state index in [1.165, 1.54) is 0 Å². The van der Waals surface area contributed by atoms with Crippen molar-refractivity contribution in [1.82, 2.24) is 0 Å². The average Bonchev–Trinajstić information content (AvgIpc) is 2.59. The van der Waals surface area contributed by atoms with Gasteiger partial charge in [0.15, 0.2) is 0 Å². The van der Waals surface area contributed by atoms with Crippen LogP contribution in [0.1, 0.15) is 38.5 Å². The fraction of sp³-hybridized carbons (Fsp3) is 0.800. The van der Waals surface area contributed by atoms with Crippen LogP contribution in [-0.2, 0) is 9.59 Å². The molecule has 2 nitrogen and oxygen atoms in total. The number of carbonyl (C=O) groups is 2. The standard InChI is InChI=1S/C10H14Cl2O2S/c11-9(13)5-3-7-1-2-8(15-7)4-6-10(12)14/h7-8H,1-6H2. The quantitative estimate of drug-likeness (QED) is 0.693. The topological polar surface area (TPSA) is 34.1 Å². The van der Waals surface area contributed by atoms with Crippen LogP contribution in [0.25, 0.3) is 0 Å². The van der Waals surface area contributed by atoms with E-state index in [0.717, 1.165) is 25.7 Å². The molecular weight excluding hydrogens is 255 g/mol. The van der Waals surface area contributed by atoms with Gasteiger partial charge in [0.1, 0.15) is 0 Å². The Balaban J connectivity index is 2.15. The lowest BCUT2D eigenvalue weighted by Crippen LogP contribution is -2.01. The molecule has 2 unspecified atom stereocenters. The van der Waals surface area contributed by atoms with Gasteiger partial charge in [-0.3, -0.25) is 9.59 Å². The predicted octanol–water partition coefficient (Wildman–Crippen LogP) is 3.34. The average molecular weight is 269 g/mol. The number of halogens is 2. The normalized spacial score (nSPS) is 25.5. The third kappa shape index (κ3) is 5.79. The molecule has 2 atom stereocenters. The molecule has 1 aliphatic rings. The maximum atomic E-state index is 10.6. The lowest BCUT2D eigenvalue weighted by Gasteiger charge is -2.09. The van der Waals surface area contributed by atoms with E-state index >= 15 is 0 Å². The Labute approximate surface area is 104 Å². The van der Waals surface area contributed by atoms with E-state index in [0.29, 0.717) is 23.3 Å². The summed E-state index contributed by atoms with van der Waals surface area (Å²) in [6, 6.07) is 0. The van der Waals surface area contributed by atoms with Gasteiger partial charge in [-0.2, -0.15) is 11.8 Å². The molecule has 1 aliphatic heterocycles. The van der Waals surface area contributed by atoms with E-state index < -0.39 is 0 Å². The lowest BCUT2D eigenvalue weighted by atomic mass is 10.1. The molecule has 0 spiro atoms. The van der Waals surface area contributed by atoms with Gasteiger partial charge in [-0.05, 0) is 48.9 Å². The van der Waals surface area contributed by atoms with Gasteiger partial charge in [-0.15, -0.1) is 0 Å².